The maximum atomic E-state index is 6.09. The van der Waals surface area contributed by atoms with Gasteiger partial charge in [0, 0.05) is 27.6 Å². The SMILES string of the molecule is Clc1ccc(C2(c3ccc4c(c3)OCCO4)CCNCC2)cc1.c1cc(C2(c3ccc4c(c3)OCCO4)CCNCC2)ccc1-c1cn[nH]c1. The van der Waals surface area contributed by atoms with E-state index in [-0.39, 0.29) is 10.8 Å². The van der Waals surface area contributed by atoms with Crippen LogP contribution in [-0.2, 0) is 10.8 Å². The first-order chi connectivity index (χ1) is 24.6. The summed E-state index contributed by atoms with van der Waals surface area (Å²) in [5.41, 5.74) is 7.57. The molecule has 0 saturated carbocycles. The van der Waals surface area contributed by atoms with Gasteiger partial charge in [-0.1, -0.05) is 60.1 Å². The van der Waals surface area contributed by atoms with E-state index in [1.807, 2.05) is 30.6 Å². The van der Waals surface area contributed by atoms with Gasteiger partial charge in [-0.3, -0.25) is 5.10 Å². The summed E-state index contributed by atoms with van der Waals surface area (Å²) in [4.78, 5) is 0. The van der Waals surface area contributed by atoms with Gasteiger partial charge in [-0.25, -0.2) is 0 Å². The first-order valence-electron chi connectivity index (χ1n) is 17.7. The molecule has 5 aromatic rings. The zero-order chi connectivity index (χ0) is 33.8. The van der Waals surface area contributed by atoms with Crippen LogP contribution in [0.1, 0.15) is 47.9 Å². The van der Waals surface area contributed by atoms with Gasteiger partial charge in [0.15, 0.2) is 23.0 Å². The molecule has 9 heteroatoms. The number of fused-ring (bicyclic) bond motifs is 2. The molecule has 3 N–H and O–H groups in total. The number of aromatic nitrogens is 2. The maximum absolute atomic E-state index is 6.09. The van der Waals surface area contributed by atoms with E-state index in [1.54, 1.807) is 0 Å². The highest BCUT2D eigenvalue weighted by Gasteiger charge is 2.38. The number of hydrogen-bond acceptors (Lipinski definition) is 7. The molecule has 258 valence electrons. The number of H-pyrrole nitrogens is 1. The Morgan fingerprint density at radius 1 is 0.500 bits per heavy atom. The normalized spacial score (nSPS) is 18.7. The lowest BCUT2D eigenvalue weighted by Gasteiger charge is -2.39. The van der Waals surface area contributed by atoms with E-state index in [1.165, 1.54) is 27.8 Å². The Kier molecular flexibility index (Phi) is 9.41. The standard InChI is InChI=1S/C22H23N3O2.C19H20ClNO2/c1-3-18(4-2-16(1)17-14-24-25-15-17)22(7-9-23-10-8-22)19-5-6-20-21(13-19)27-12-11-26-20;20-16-4-1-14(2-5-16)19(7-9-21-10-8-19)15-3-6-17-18(13-15)23-12-11-22-17/h1-6,13-15,23H,7-12H2,(H,24,25);1-6,13,21H,7-12H2. The van der Waals surface area contributed by atoms with Gasteiger partial charge in [-0.05, 0) is 116 Å². The molecule has 0 amide bonds. The molecule has 5 heterocycles. The Balaban J connectivity index is 0.000000146. The molecule has 1 aromatic heterocycles. The molecule has 0 bridgehead atoms. The van der Waals surface area contributed by atoms with Crippen molar-refractivity contribution >= 4 is 11.6 Å². The van der Waals surface area contributed by atoms with Crippen LogP contribution in [0.2, 0.25) is 5.02 Å². The largest absolute Gasteiger partial charge is 0.486 e. The molecular weight excluding hydrogens is 648 g/mol. The fourth-order valence-corrected chi connectivity index (χ4v) is 8.16. The van der Waals surface area contributed by atoms with Crippen molar-refractivity contribution < 1.29 is 18.9 Å². The number of aromatic amines is 1. The van der Waals surface area contributed by atoms with Crippen molar-refractivity contribution in [2.45, 2.75) is 36.5 Å². The van der Waals surface area contributed by atoms with Gasteiger partial charge in [0.05, 0.1) is 6.20 Å². The van der Waals surface area contributed by atoms with Gasteiger partial charge < -0.3 is 29.6 Å². The Hall–Kier alpha value is -4.50. The molecule has 0 aliphatic carbocycles. The smallest absolute Gasteiger partial charge is 0.161 e. The zero-order valence-electron chi connectivity index (χ0n) is 28.2. The number of ether oxygens (including phenoxy) is 4. The van der Waals surface area contributed by atoms with Crippen molar-refractivity contribution in [2.24, 2.45) is 0 Å². The first kappa shape index (κ1) is 32.7. The minimum absolute atomic E-state index is 0.00396. The Labute approximate surface area is 298 Å². The van der Waals surface area contributed by atoms with E-state index in [9.17, 15) is 0 Å². The Bertz CT molecular complexity index is 1880. The fourth-order valence-electron chi connectivity index (χ4n) is 8.04. The second-order valence-corrected chi connectivity index (χ2v) is 13.9. The quantitative estimate of drug-likeness (QED) is 0.178. The lowest BCUT2D eigenvalue weighted by molar-refractivity contribution is 0.171. The number of piperidine rings is 2. The summed E-state index contributed by atoms with van der Waals surface area (Å²) in [5, 5.41) is 14.7. The van der Waals surface area contributed by atoms with E-state index in [0.717, 1.165) is 85.4 Å². The zero-order valence-corrected chi connectivity index (χ0v) is 28.9. The van der Waals surface area contributed by atoms with E-state index in [2.05, 4.69) is 87.6 Å². The second-order valence-electron chi connectivity index (χ2n) is 13.5. The van der Waals surface area contributed by atoms with Crippen LogP contribution in [0.3, 0.4) is 0 Å². The predicted octanol–water partition coefficient (Wildman–Crippen LogP) is 7.30. The summed E-state index contributed by atoms with van der Waals surface area (Å²) >= 11 is 6.09. The minimum atomic E-state index is -0.00396. The van der Waals surface area contributed by atoms with E-state index in [4.69, 9.17) is 30.5 Å². The van der Waals surface area contributed by atoms with Crippen LogP contribution >= 0.6 is 11.6 Å². The fraction of sp³-hybridized carbons (Fsp3) is 0.341. The molecule has 2 saturated heterocycles. The number of halogens is 1. The minimum Gasteiger partial charge on any atom is -0.486 e. The van der Waals surface area contributed by atoms with Gasteiger partial charge >= 0.3 is 0 Å². The predicted molar refractivity (Wildman–Crippen MR) is 196 cm³/mol. The lowest BCUT2D eigenvalue weighted by Crippen LogP contribution is -2.40. The average molecular weight is 691 g/mol. The summed E-state index contributed by atoms with van der Waals surface area (Å²) in [5.74, 6) is 3.43. The number of nitrogens with zero attached hydrogens (tertiary/aromatic N) is 1. The van der Waals surface area contributed by atoms with Crippen molar-refractivity contribution in [1.29, 1.82) is 0 Å². The Morgan fingerprint density at radius 3 is 1.40 bits per heavy atom. The molecule has 9 rings (SSSR count). The molecule has 0 unspecified atom stereocenters. The van der Waals surface area contributed by atoms with Crippen molar-refractivity contribution in [2.75, 3.05) is 52.6 Å². The number of nitrogens with one attached hydrogen (secondary N) is 3. The van der Waals surface area contributed by atoms with Crippen molar-refractivity contribution in [1.82, 2.24) is 20.8 Å². The molecule has 4 aliphatic rings. The first-order valence-corrected chi connectivity index (χ1v) is 18.1. The highest BCUT2D eigenvalue weighted by molar-refractivity contribution is 6.30. The van der Waals surface area contributed by atoms with Gasteiger partial charge in [0.2, 0.25) is 0 Å². The summed E-state index contributed by atoms with van der Waals surface area (Å²) in [6.45, 7) is 6.52. The molecule has 0 spiro atoms. The van der Waals surface area contributed by atoms with Crippen LogP contribution in [0.15, 0.2) is 97.3 Å². The van der Waals surface area contributed by atoms with E-state index in [0.29, 0.717) is 26.4 Å². The van der Waals surface area contributed by atoms with Crippen LogP contribution < -0.4 is 29.6 Å². The molecule has 0 atom stereocenters. The molecule has 4 aliphatic heterocycles. The van der Waals surface area contributed by atoms with E-state index >= 15 is 0 Å². The second kappa shape index (κ2) is 14.4. The molecule has 0 radical (unpaired) electrons. The van der Waals surface area contributed by atoms with Crippen molar-refractivity contribution in [3.8, 4) is 34.1 Å². The highest BCUT2D eigenvalue weighted by Crippen LogP contribution is 2.45. The third-order valence-corrected chi connectivity index (χ3v) is 11.0. The third-order valence-electron chi connectivity index (χ3n) is 10.8. The van der Waals surface area contributed by atoms with Crippen LogP contribution in [0.4, 0.5) is 0 Å². The van der Waals surface area contributed by atoms with Gasteiger partial charge in [0.25, 0.3) is 0 Å². The highest BCUT2D eigenvalue weighted by atomic mass is 35.5. The van der Waals surface area contributed by atoms with Crippen LogP contribution in [0.25, 0.3) is 11.1 Å². The van der Waals surface area contributed by atoms with Crippen LogP contribution in [0, 0.1) is 0 Å². The molecular formula is C41H43ClN4O4. The maximum Gasteiger partial charge on any atom is 0.161 e. The van der Waals surface area contributed by atoms with Crippen molar-refractivity contribution in [3.63, 3.8) is 0 Å². The van der Waals surface area contributed by atoms with Gasteiger partial charge in [-0.15, -0.1) is 0 Å². The average Bonchev–Trinajstić information content (AvgIpc) is 3.74. The number of hydrogen-bond donors (Lipinski definition) is 3. The van der Waals surface area contributed by atoms with Crippen LogP contribution in [-0.4, -0.2) is 62.8 Å². The van der Waals surface area contributed by atoms with Gasteiger partial charge in [-0.2, -0.15) is 5.10 Å². The molecule has 50 heavy (non-hydrogen) atoms. The summed E-state index contributed by atoms with van der Waals surface area (Å²) in [7, 11) is 0. The third kappa shape index (κ3) is 6.43. The van der Waals surface area contributed by atoms with Gasteiger partial charge in [0.1, 0.15) is 26.4 Å². The van der Waals surface area contributed by atoms with E-state index < -0.39 is 0 Å². The van der Waals surface area contributed by atoms with Crippen LogP contribution in [0.5, 0.6) is 23.0 Å². The molecule has 2 fully saturated rings. The number of rotatable bonds is 5. The topological polar surface area (TPSA) is 89.7 Å². The number of benzene rings is 4. The summed E-state index contributed by atoms with van der Waals surface area (Å²) < 4.78 is 23.0. The summed E-state index contributed by atoms with van der Waals surface area (Å²) in [6, 6.07) is 30.1. The van der Waals surface area contributed by atoms with Crippen molar-refractivity contribution in [3.05, 3.63) is 125 Å². The molecule has 4 aromatic carbocycles. The Morgan fingerprint density at radius 2 is 0.940 bits per heavy atom. The summed E-state index contributed by atoms with van der Waals surface area (Å²) in [6.07, 6.45) is 8.05. The monoisotopic (exact) mass is 690 g/mol. The molecule has 8 nitrogen and oxygen atoms in total. The lowest BCUT2D eigenvalue weighted by atomic mass is 9.68.